The Bertz CT molecular complexity index is 980. The molecule has 1 aliphatic heterocycles. The number of fused-ring (bicyclic) bond motifs is 1. The fraction of sp³-hybridized carbons (Fsp3) is 0.188. The van der Waals surface area contributed by atoms with Crippen molar-refractivity contribution in [2.24, 2.45) is 0 Å². The van der Waals surface area contributed by atoms with Crippen molar-refractivity contribution in [1.82, 2.24) is 0 Å². The molecule has 10 heteroatoms. The zero-order chi connectivity index (χ0) is 19.1. The van der Waals surface area contributed by atoms with E-state index in [-0.39, 0.29) is 11.4 Å². The maximum absolute atomic E-state index is 14.1. The maximum atomic E-state index is 14.1. The molecule has 3 rings (SSSR count). The minimum atomic E-state index is -4.66. The van der Waals surface area contributed by atoms with Gasteiger partial charge in [-0.15, -0.1) is 0 Å². The first kappa shape index (κ1) is 18.1. The third-order valence-corrected chi connectivity index (χ3v) is 5.56. The number of para-hydroxylation sites is 2. The van der Waals surface area contributed by atoms with Gasteiger partial charge in [0.2, 0.25) is 6.10 Å². The van der Waals surface area contributed by atoms with E-state index in [4.69, 9.17) is 4.74 Å². The molecule has 0 bridgehead atoms. The lowest BCUT2D eigenvalue weighted by atomic mass is 10.2. The third kappa shape index (κ3) is 2.85. The van der Waals surface area contributed by atoms with Gasteiger partial charge in [0.15, 0.2) is 17.5 Å². The summed E-state index contributed by atoms with van der Waals surface area (Å²) < 4.78 is 77.1. The molecule has 1 heterocycles. The van der Waals surface area contributed by atoms with Crippen molar-refractivity contribution in [3.05, 3.63) is 53.8 Å². The highest BCUT2D eigenvalue weighted by molar-refractivity contribution is 7.92. The quantitative estimate of drug-likeness (QED) is 0.597. The van der Waals surface area contributed by atoms with Crippen LogP contribution in [0.25, 0.3) is 0 Å². The molecule has 2 aromatic rings. The highest BCUT2D eigenvalue weighted by atomic mass is 32.2. The molecule has 26 heavy (non-hydrogen) atoms. The van der Waals surface area contributed by atoms with Gasteiger partial charge in [-0.25, -0.2) is 26.4 Å². The van der Waals surface area contributed by atoms with Crippen LogP contribution in [-0.4, -0.2) is 34.1 Å². The number of carbonyl (C=O) groups is 1. The number of carbonyl (C=O) groups excluding carboxylic acids is 1. The number of hydrogen-bond donors (Lipinski definition) is 0. The SMILES string of the molecule is COC(=O)[C@@H]1CN(S(=O)(=O)c2ccc(F)c(F)c2F)c2ccccc2O1. The van der Waals surface area contributed by atoms with E-state index >= 15 is 0 Å². The van der Waals surface area contributed by atoms with Gasteiger partial charge in [-0.05, 0) is 24.3 Å². The van der Waals surface area contributed by atoms with Crippen LogP contribution >= 0.6 is 0 Å². The number of anilines is 1. The molecule has 0 fully saturated rings. The molecule has 0 amide bonds. The number of hydrogen-bond acceptors (Lipinski definition) is 5. The van der Waals surface area contributed by atoms with E-state index in [2.05, 4.69) is 4.74 Å². The summed E-state index contributed by atoms with van der Waals surface area (Å²) >= 11 is 0. The molecule has 0 saturated carbocycles. The summed E-state index contributed by atoms with van der Waals surface area (Å²) in [6.45, 7) is -0.523. The summed E-state index contributed by atoms with van der Waals surface area (Å²) in [6, 6.07) is 6.96. The number of halogens is 3. The van der Waals surface area contributed by atoms with Crippen LogP contribution in [0.2, 0.25) is 0 Å². The number of nitrogens with zero attached hydrogens (tertiary/aromatic N) is 1. The molecule has 0 aromatic heterocycles. The Balaban J connectivity index is 2.14. The molecule has 2 aromatic carbocycles. The van der Waals surface area contributed by atoms with Crippen molar-refractivity contribution in [1.29, 1.82) is 0 Å². The van der Waals surface area contributed by atoms with Gasteiger partial charge in [-0.1, -0.05) is 12.1 Å². The molecule has 6 nitrogen and oxygen atoms in total. The summed E-state index contributed by atoms with van der Waals surface area (Å²) in [5.41, 5.74) is 0.0248. The van der Waals surface area contributed by atoms with Crippen LogP contribution in [0.15, 0.2) is 41.3 Å². The van der Waals surface area contributed by atoms with Crippen LogP contribution in [0.3, 0.4) is 0 Å². The molecule has 0 N–H and O–H groups in total. The lowest BCUT2D eigenvalue weighted by molar-refractivity contribution is -0.148. The van der Waals surface area contributed by atoms with E-state index in [9.17, 15) is 26.4 Å². The van der Waals surface area contributed by atoms with Gasteiger partial charge in [-0.2, -0.15) is 0 Å². The smallest absolute Gasteiger partial charge is 0.348 e. The molecule has 0 radical (unpaired) electrons. The zero-order valence-electron chi connectivity index (χ0n) is 13.3. The summed E-state index contributed by atoms with van der Waals surface area (Å²) in [5, 5.41) is 0. The van der Waals surface area contributed by atoms with Gasteiger partial charge in [0.25, 0.3) is 10.0 Å². The average molecular weight is 387 g/mol. The predicted octanol–water partition coefficient (Wildman–Crippen LogP) is 2.23. The number of methoxy groups -OCH3 is 1. The first-order chi connectivity index (χ1) is 12.3. The van der Waals surface area contributed by atoms with E-state index in [1.165, 1.54) is 18.2 Å². The van der Waals surface area contributed by atoms with Gasteiger partial charge < -0.3 is 9.47 Å². The Hall–Kier alpha value is -2.75. The van der Waals surface area contributed by atoms with Crippen molar-refractivity contribution < 1.29 is 35.9 Å². The highest BCUT2D eigenvalue weighted by Gasteiger charge is 2.39. The molecule has 0 unspecified atom stereocenters. The Kier molecular flexibility index (Phi) is 4.53. The first-order valence-corrected chi connectivity index (χ1v) is 8.71. The molecule has 0 spiro atoms. The van der Waals surface area contributed by atoms with Gasteiger partial charge >= 0.3 is 5.97 Å². The largest absolute Gasteiger partial charge is 0.475 e. The second kappa shape index (κ2) is 6.52. The van der Waals surface area contributed by atoms with Crippen LogP contribution < -0.4 is 9.04 Å². The standard InChI is InChI=1S/C16H12F3NO5S/c1-24-16(21)12-8-20(10-4-2-3-5-11(10)25-12)26(22,23)13-7-6-9(17)14(18)15(13)19/h2-7,12H,8H2,1H3/t12-/m0/s1. The Labute approximate surface area is 146 Å². The molecule has 0 saturated heterocycles. The van der Waals surface area contributed by atoms with E-state index in [1.807, 2.05) is 0 Å². The molecular weight excluding hydrogens is 375 g/mol. The molecular formula is C16H12F3NO5S. The van der Waals surface area contributed by atoms with Crippen molar-refractivity contribution in [2.75, 3.05) is 18.0 Å². The van der Waals surface area contributed by atoms with Crippen LogP contribution in [0, 0.1) is 17.5 Å². The van der Waals surface area contributed by atoms with E-state index in [1.54, 1.807) is 6.07 Å². The van der Waals surface area contributed by atoms with Crippen molar-refractivity contribution in [3.8, 4) is 5.75 Å². The van der Waals surface area contributed by atoms with E-state index in [0.29, 0.717) is 16.4 Å². The summed E-state index contributed by atoms with van der Waals surface area (Å²) in [7, 11) is -3.56. The summed E-state index contributed by atoms with van der Waals surface area (Å²) in [6.07, 6.45) is -1.31. The number of benzene rings is 2. The number of sulfonamides is 1. The Morgan fingerprint density at radius 3 is 2.54 bits per heavy atom. The fourth-order valence-electron chi connectivity index (χ4n) is 2.51. The van der Waals surface area contributed by atoms with Gasteiger partial charge in [0.1, 0.15) is 10.6 Å². The Morgan fingerprint density at radius 2 is 1.85 bits per heavy atom. The third-order valence-electron chi connectivity index (χ3n) is 3.77. The summed E-state index contributed by atoms with van der Waals surface area (Å²) in [5.74, 6) is -6.07. The second-order valence-electron chi connectivity index (χ2n) is 5.31. The van der Waals surface area contributed by atoms with Crippen LogP contribution in [0.5, 0.6) is 5.75 Å². The number of rotatable bonds is 3. The van der Waals surface area contributed by atoms with E-state index in [0.717, 1.165) is 7.11 Å². The topological polar surface area (TPSA) is 72.9 Å². The molecule has 1 atom stereocenters. The maximum Gasteiger partial charge on any atom is 0.348 e. The zero-order valence-corrected chi connectivity index (χ0v) is 14.1. The van der Waals surface area contributed by atoms with Crippen molar-refractivity contribution in [3.63, 3.8) is 0 Å². The second-order valence-corrected chi connectivity index (χ2v) is 7.14. The van der Waals surface area contributed by atoms with Gasteiger partial charge in [-0.3, -0.25) is 4.31 Å². The number of esters is 1. The lowest BCUT2D eigenvalue weighted by Crippen LogP contribution is -2.47. The highest BCUT2D eigenvalue weighted by Crippen LogP contribution is 2.37. The normalized spacial score (nSPS) is 16.6. The van der Waals surface area contributed by atoms with Gasteiger partial charge in [0.05, 0.1) is 19.3 Å². The fourth-order valence-corrected chi connectivity index (χ4v) is 4.05. The number of ether oxygens (including phenoxy) is 2. The minimum absolute atomic E-state index is 0.0248. The van der Waals surface area contributed by atoms with Crippen molar-refractivity contribution >= 4 is 21.7 Å². The monoisotopic (exact) mass is 387 g/mol. The minimum Gasteiger partial charge on any atom is -0.475 e. The first-order valence-electron chi connectivity index (χ1n) is 7.27. The average Bonchev–Trinajstić information content (AvgIpc) is 2.64. The van der Waals surface area contributed by atoms with Crippen LogP contribution in [-0.2, 0) is 19.6 Å². The predicted molar refractivity (Wildman–Crippen MR) is 83.7 cm³/mol. The van der Waals surface area contributed by atoms with Gasteiger partial charge in [0, 0.05) is 0 Å². The molecule has 1 aliphatic rings. The Morgan fingerprint density at radius 1 is 1.15 bits per heavy atom. The summed E-state index contributed by atoms with van der Waals surface area (Å²) in [4.78, 5) is 10.7. The van der Waals surface area contributed by atoms with Crippen molar-refractivity contribution in [2.45, 2.75) is 11.0 Å². The molecule has 138 valence electrons. The van der Waals surface area contributed by atoms with E-state index < -0.39 is 51.0 Å². The van der Waals surface area contributed by atoms with Crippen LogP contribution in [0.1, 0.15) is 0 Å². The lowest BCUT2D eigenvalue weighted by Gasteiger charge is -2.34. The molecule has 0 aliphatic carbocycles. The van der Waals surface area contributed by atoms with Crippen LogP contribution in [0.4, 0.5) is 18.9 Å².